The molecule has 0 radical (unpaired) electrons. The first-order valence-corrected chi connectivity index (χ1v) is 11.7. The second kappa shape index (κ2) is 11.7. The van der Waals surface area contributed by atoms with Crippen LogP contribution >= 0.6 is 0 Å². The summed E-state index contributed by atoms with van der Waals surface area (Å²) in [6, 6.07) is 30.1. The summed E-state index contributed by atoms with van der Waals surface area (Å²) < 4.78 is 11.4. The zero-order chi connectivity index (χ0) is 22.0. The fraction of sp³-hybridized carbons (Fsp3) is 0.310. The lowest BCUT2D eigenvalue weighted by Gasteiger charge is -2.26. The van der Waals surface area contributed by atoms with Crippen LogP contribution in [0.1, 0.15) is 30.0 Å². The molecule has 1 aliphatic heterocycles. The SMILES string of the molecule is CCC(Cc1ccccc1)=C(c1ccccc1)c1ccc(OCCN2CCOCC2)cc1. The average molecular weight is 428 g/mol. The van der Waals surface area contributed by atoms with Crippen LogP contribution in [0, 0.1) is 0 Å². The van der Waals surface area contributed by atoms with Gasteiger partial charge >= 0.3 is 0 Å². The van der Waals surface area contributed by atoms with Crippen molar-refractivity contribution in [3.05, 3.63) is 107 Å². The van der Waals surface area contributed by atoms with E-state index in [0.29, 0.717) is 6.61 Å². The van der Waals surface area contributed by atoms with Crippen LogP contribution in [0.25, 0.3) is 5.57 Å². The number of ether oxygens (including phenoxy) is 2. The second-order valence-corrected chi connectivity index (χ2v) is 8.19. The maximum atomic E-state index is 6.03. The molecule has 0 bridgehead atoms. The minimum absolute atomic E-state index is 0.703. The Balaban J connectivity index is 1.53. The monoisotopic (exact) mass is 427 g/mol. The fourth-order valence-corrected chi connectivity index (χ4v) is 4.25. The molecule has 1 heterocycles. The highest BCUT2D eigenvalue weighted by Crippen LogP contribution is 2.31. The van der Waals surface area contributed by atoms with E-state index in [1.807, 2.05) is 0 Å². The predicted octanol–water partition coefficient (Wildman–Crippen LogP) is 5.85. The molecule has 1 saturated heterocycles. The molecule has 0 aromatic heterocycles. The molecule has 1 aliphatic rings. The third-order valence-electron chi connectivity index (χ3n) is 6.03. The van der Waals surface area contributed by atoms with Crippen LogP contribution in [-0.2, 0) is 11.2 Å². The van der Waals surface area contributed by atoms with E-state index in [1.54, 1.807) is 0 Å². The van der Waals surface area contributed by atoms with Gasteiger partial charge in [0.25, 0.3) is 0 Å². The number of hydrogen-bond donors (Lipinski definition) is 0. The molecule has 0 amide bonds. The van der Waals surface area contributed by atoms with E-state index in [2.05, 4.69) is 96.8 Å². The summed E-state index contributed by atoms with van der Waals surface area (Å²) in [4.78, 5) is 2.39. The Morgan fingerprint density at radius 1 is 0.812 bits per heavy atom. The van der Waals surface area contributed by atoms with Crippen LogP contribution < -0.4 is 4.74 Å². The van der Waals surface area contributed by atoms with Gasteiger partial charge in [0.2, 0.25) is 0 Å². The van der Waals surface area contributed by atoms with Crippen molar-refractivity contribution in [1.82, 2.24) is 4.90 Å². The summed E-state index contributed by atoms with van der Waals surface area (Å²) in [6.45, 7) is 7.54. The van der Waals surface area contributed by atoms with E-state index in [0.717, 1.165) is 51.4 Å². The molecule has 1 fully saturated rings. The van der Waals surface area contributed by atoms with E-state index < -0.39 is 0 Å². The van der Waals surface area contributed by atoms with Crippen LogP contribution in [0.4, 0.5) is 0 Å². The van der Waals surface area contributed by atoms with Crippen molar-refractivity contribution in [1.29, 1.82) is 0 Å². The van der Waals surface area contributed by atoms with E-state index in [9.17, 15) is 0 Å². The summed E-state index contributed by atoms with van der Waals surface area (Å²) in [7, 11) is 0. The Kier molecular flexibility index (Phi) is 8.13. The molecule has 0 saturated carbocycles. The molecule has 0 aliphatic carbocycles. The maximum absolute atomic E-state index is 6.03. The van der Waals surface area contributed by atoms with Crippen molar-refractivity contribution in [2.45, 2.75) is 19.8 Å². The van der Waals surface area contributed by atoms with Crippen molar-refractivity contribution in [2.24, 2.45) is 0 Å². The summed E-state index contributed by atoms with van der Waals surface area (Å²) in [5, 5.41) is 0. The van der Waals surface area contributed by atoms with Crippen molar-refractivity contribution >= 4 is 5.57 Å². The maximum Gasteiger partial charge on any atom is 0.119 e. The summed E-state index contributed by atoms with van der Waals surface area (Å²) in [5.41, 5.74) is 6.63. The highest BCUT2D eigenvalue weighted by atomic mass is 16.5. The quantitative estimate of drug-likeness (QED) is 0.427. The number of nitrogens with zero attached hydrogens (tertiary/aromatic N) is 1. The number of morpholine rings is 1. The Morgan fingerprint density at radius 2 is 1.44 bits per heavy atom. The van der Waals surface area contributed by atoms with Crippen LogP contribution in [0.2, 0.25) is 0 Å². The van der Waals surface area contributed by atoms with Crippen molar-refractivity contribution in [2.75, 3.05) is 39.5 Å². The predicted molar refractivity (Wildman–Crippen MR) is 132 cm³/mol. The minimum Gasteiger partial charge on any atom is -0.492 e. The molecule has 0 spiro atoms. The molecule has 0 unspecified atom stereocenters. The standard InChI is InChI=1S/C29H33NO2/c1-2-25(23-24-9-5-3-6-10-24)29(26-11-7-4-8-12-26)27-13-15-28(16-14-27)32-22-19-30-17-20-31-21-18-30/h3-16H,2,17-23H2,1H3. The zero-order valence-corrected chi connectivity index (χ0v) is 19.0. The van der Waals surface area contributed by atoms with Gasteiger partial charge in [-0.05, 0) is 47.2 Å². The smallest absolute Gasteiger partial charge is 0.119 e. The molecular formula is C29H33NO2. The topological polar surface area (TPSA) is 21.7 Å². The molecule has 3 nitrogen and oxygen atoms in total. The Bertz CT molecular complexity index is 975. The van der Waals surface area contributed by atoms with Gasteiger partial charge in [0.1, 0.15) is 12.4 Å². The first-order chi connectivity index (χ1) is 15.8. The van der Waals surface area contributed by atoms with Crippen molar-refractivity contribution < 1.29 is 9.47 Å². The van der Waals surface area contributed by atoms with Crippen LogP contribution in [0.15, 0.2) is 90.5 Å². The van der Waals surface area contributed by atoms with Crippen molar-refractivity contribution in [3.63, 3.8) is 0 Å². The average Bonchev–Trinajstić information content (AvgIpc) is 2.86. The lowest BCUT2D eigenvalue weighted by Crippen LogP contribution is -2.38. The van der Waals surface area contributed by atoms with Crippen LogP contribution in [0.3, 0.4) is 0 Å². The molecule has 32 heavy (non-hydrogen) atoms. The van der Waals surface area contributed by atoms with Crippen molar-refractivity contribution in [3.8, 4) is 5.75 Å². The summed E-state index contributed by atoms with van der Waals surface area (Å²) in [5.74, 6) is 0.926. The first-order valence-electron chi connectivity index (χ1n) is 11.7. The lowest BCUT2D eigenvalue weighted by atomic mass is 9.88. The Hall–Kier alpha value is -2.88. The van der Waals surface area contributed by atoms with Crippen LogP contribution in [-0.4, -0.2) is 44.4 Å². The fourth-order valence-electron chi connectivity index (χ4n) is 4.25. The molecular weight excluding hydrogens is 394 g/mol. The van der Waals surface area contributed by atoms with E-state index in [1.165, 1.54) is 27.8 Å². The third kappa shape index (κ3) is 6.09. The first kappa shape index (κ1) is 22.3. The van der Waals surface area contributed by atoms with Gasteiger partial charge in [-0.1, -0.05) is 85.3 Å². The van der Waals surface area contributed by atoms with Crippen LogP contribution in [0.5, 0.6) is 5.75 Å². The zero-order valence-electron chi connectivity index (χ0n) is 19.0. The van der Waals surface area contributed by atoms with Gasteiger partial charge in [-0.15, -0.1) is 0 Å². The number of hydrogen-bond acceptors (Lipinski definition) is 3. The van der Waals surface area contributed by atoms with Gasteiger partial charge < -0.3 is 9.47 Å². The van der Waals surface area contributed by atoms with Gasteiger partial charge in [0, 0.05) is 19.6 Å². The Morgan fingerprint density at radius 3 is 2.09 bits per heavy atom. The molecule has 4 rings (SSSR count). The highest BCUT2D eigenvalue weighted by Gasteiger charge is 2.13. The third-order valence-corrected chi connectivity index (χ3v) is 6.03. The van der Waals surface area contributed by atoms with E-state index >= 15 is 0 Å². The molecule has 3 aromatic rings. The molecule has 0 N–H and O–H groups in total. The van der Waals surface area contributed by atoms with E-state index in [4.69, 9.17) is 9.47 Å². The highest BCUT2D eigenvalue weighted by molar-refractivity contribution is 5.82. The van der Waals surface area contributed by atoms with Gasteiger partial charge in [0.15, 0.2) is 0 Å². The van der Waals surface area contributed by atoms with Gasteiger partial charge in [0.05, 0.1) is 13.2 Å². The molecule has 3 heteroatoms. The second-order valence-electron chi connectivity index (χ2n) is 8.19. The molecule has 3 aromatic carbocycles. The minimum atomic E-state index is 0.703. The lowest BCUT2D eigenvalue weighted by molar-refractivity contribution is 0.0322. The summed E-state index contributed by atoms with van der Waals surface area (Å²) >= 11 is 0. The number of rotatable bonds is 9. The Labute approximate surface area is 192 Å². The van der Waals surface area contributed by atoms with Gasteiger partial charge in [-0.25, -0.2) is 0 Å². The van der Waals surface area contributed by atoms with Gasteiger partial charge in [-0.3, -0.25) is 4.90 Å². The van der Waals surface area contributed by atoms with Gasteiger partial charge in [-0.2, -0.15) is 0 Å². The molecule has 0 atom stereocenters. The normalized spacial score (nSPS) is 15.3. The molecule has 166 valence electrons. The summed E-state index contributed by atoms with van der Waals surface area (Å²) in [6.07, 6.45) is 1.97. The number of benzene rings is 3. The largest absolute Gasteiger partial charge is 0.492 e. The number of allylic oxidation sites excluding steroid dienone is 1. The van der Waals surface area contributed by atoms with E-state index in [-0.39, 0.29) is 0 Å².